The molecule has 0 aromatic heterocycles. The molecule has 0 N–H and O–H groups in total. The number of nitro benzene ring substituents is 1. The van der Waals surface area contributed by atoms with Gasteiger partial charge in [-0.15, -0.1) is 0 Å². The molecule has 0 heterocycles. The van der Waals surface area contributed by atoms with Gasteiger partial charge in [-0.1, -0.05) is 18.5 Å². The molecule has 1 aromatic rings. The summed E-state index contributed by atoms with van der Waals surface area (Å²) in [6.45, 7) is 3.25. The third-order valence-corrected chi connectivity index (χ3v) is 5.30. The van der Waals surface area contributed by atoms with Gasteiger partial charge in [0.05, 0.1) is 20.9 Å². The van der Waals surface area contributed by atoms with Crippen LogP contribution in [-0.4, -0.2) is 30.7 Å². The zero-order valence-corrected chi connectivity index (χ0v) is 13.1. The van der Waals surface area contributed by atoms with E-state index in [0.717, 1.165) is 10.4 Å². The van der Waals surface area contributed by atoms with E-state index in [4.69, 9.17) is 16.9 Å². The van der Waals surface area contributed by atoms with E-state index in [-0.39, 0.29) is 40.7 Å². The molecule has 21 heavy (non-hydrogen) atoms. The van der Waals surface area contributed by atoms with Crippen LogP contribution in [0.25, 0.3) is 0 Å². The average Bonchev–Trinajstić information content (AvgIpc) is 2.41. The second-order valence-electron chi connectivity index (χ2n) is 4.21. The summed E-state index contributed by atoms with van der Waals surface area (Å²) < 4.78 is 26.0. The van der Waals surface area contributed by atoms with E-state index in [2.05, 4.69) is 0 Å². The molecule has 0 atom stereocenters. The van der Waals surface area contributed by atoms with Gasteiger partial charge in [-0.25, -0.2) is 8.42 Å². The van der Waals surface area contributed by atoms with Gasteiger partial charge in [-0.05, 0) is 13.0 Å². The maximum absolute atomic E-state index is 12.4. The van der Waals surface area contributed by atoms with Crippen molar-refractivity contribution in [3.8, 4) is 6.07 Å². The van der Waals surface area contributed by atoms with Crippen LogP contribution in [0.1, 0.15) is 18.9 Å². The molecular weight excluding hydrogens is 318 g/mol. The van der Waals surface area contributed by atoms with E-state index in [9.17, 15) is 18.5 Å². The van der Waals surface area contributed by atoms with E-state index >= 15 is 0 Å². The topological polar surface area (TPSA) is 104 Å². The van der Waals surface area contributed by atoms with Crippen LogP contribution >= 0.6 is 11.6 Å². The Morgan fingerprint density at radius 3 is 2.57 bits per heavy atom. The van der Waals surface area contributed by atoms with Crippen molar-refractivity contribution < 1.29 is 13.3 Å². The number of halogens is 1. The summed E-state index contributed by atoms with van der Waals surface area (Å²) >= 11 is 5.88. The molecule has 0 amide bonds. The van der Waals surface area contributed by atoms with Gasteiger partial charge in [0.1, 0.15) is 0 Å². The van der Waals surface area contributed by atoms with Crippen molar-refractivity contribution in [3.05, 3.63) is 32.8 Å². The molecule has 0 saturated carbocycles. The van der Waals surface area contributed by atoms with Crippen LogP contribution in [0.15, 0.2) is 17.0 Å². The van der Waals surface area contributed by atoms with Gasteiger partial charge >= 0.3 is 0 Å². The Bertz CT molecular complexity index is 697. The standard InChI is InChI=1S/C12H14ClN3O4S/c1-3-15(6-4-5-14)21(19,20)10-7-11(13)9(2)12(8-10)16(17)18/h7-8H,3-4,6H2,1-2H3. The van der Waals surface area contributed by atoms with Crippen molar-refractivity contribution >= 4 is 27.3 Å². The third kappa shape index (κ3) is 3.69. The number of rotatable bonds is 6. The van der Waals surface area contributed by atoms with Gasteiger partial charge < -0.3 is 0 Å². The molecule has 0 bridgehead atoms. The van der Waals surface area contributed by atoms with Crippen LogP contribution in [0.3, 0.4) is 0 Å². The van der Waals surface area contributed by atoms with Crippen LogP contribution in [0.4, 0.5) is 5.69 Å². The highest BCUT2D eigenvalue weighted by Gasteiger charge is 2.27. The molecule has 0 aliphatic carbocycles. The Kier molecular flexibility index (Phi) is 5.66. The summed E-state index contributed by atoms with van der Waals surface area (Å²) in [7, 11) is -3.93. The first-order chi connectivity index (χ1) is 9.75. The van der Waals surface area contributed by atoms with Gasteiger partial charge in [-0.2, -0.15) is 9.57 Å². The lowest BCUT2D eigenvalue weighted by Crippen LogP contribution is -2.31. The van der Waals surface area contributed by atoms with Crippen LogP contribution in [0.5, 0.6) is 0 Å². The SMILES string of the molecule is CCN(CCC#N)S(=O)(=O)c1cc(Cl)c(C)c([N+](=O)[O-])c1. The van der Waals surface area contributed by atoms with Crippen LogP contribution in [-0.2, 0) is 10.0 Å². The Labute approximate surface area is 127 Å². The van der Waals surface area contributed by atoms with Crippen molar-refractivity contribution in [1.29, 1.82) is 5.26 Å². The molecule has 0 unspecified atom stereocenters. The monoisotopic (exact) mass is 331 g/mol. The fourth-order valence-corrected chi connectivity index (χ4v) is 3.53. The second kappa shape index (κ2) is 6.85. The maximum atomic E-state index is 12.4. The molecule has 7 nitrogen and oxygen atoms in total. The molecule has 0 saturated heterocycles. The van der Waals surface area contributed by atoms with Gasteiger partial charge in [0.2, 0.25) is 10.0 Å². The predicted molar refractivity (Wildman–Crippen MR) is 77.5 cm³/mol. The molecule has 0 aliphatic heterocycles. The highest BCUT2D eigenvalue weighted by atomic mass is 35.5. The van der Waals surface area contributed by atoms with Crippen molar-refractivity contribution in [2.24, 2.45) is 0 Å². The van der Waals surface area contributed by atoms with Gasteiger partial charge in [0.25, 0.3) is 5.69 Å². The van der Waals surface area contributed by atoms with Crippen molar-refractivity contribution in [2.45, 2.75) is 25.2 Å². The first kappa shape index (κ1) is 17.4. The summed E-state index contributed by atoms with van der Waals surface area (Å²) in [5.74, 6) is 0. The molecule has 0 spiro atoms. The smallest absolute Gasteiger partial charge is 0.258 e. The summed E-state index contributed by atoms with van der Waals surface area (Å²) in [5.41, 5.74) is -0.141. The number of nitriles is 1. The van der Waals surface area contributed by atoms with Crippen molar-refractivity contribution in [1.82, 2.24) is 4.31 Å². The lowest BCUT2D eigenvalue weighted by Gasteiger charge is -2.19. The fourth-order valence-electron chi connectivity index (χ4n) is 1.75. The molecule has 0 radical (unpaired) electrons. The first-order valence-corrected chi connectivity index (χ1v) is 7.89. The minimum atomic E-state index is -3.93. The van der Waals surface area contributed by atoms with Gasteiger partial charge in [-0.3, -0.25) is 10.1 Å². The Balaban J connectivity index is 3.38. The quantitative estimate of drug-likeness (QED) is 0.588. The molecular formula is C12H14ClN3O4S. The Hall–Kier alpha value is -1.69. The lowest BCUT2D eigenvalue weighted by molar-refractivity contribution is -0.385. The highest BCUT2D eigenvalue weighted by molar-refractivity contribution is 7.89. The number of sulfonamides is 1. The normalized spacial score (nSPS) is 11.4. The number of hydrogen-bond donors (Lipinski definition) is 0. The molecule has 0 fully saturated rings. The summed E-state index contributed by atoms with van der Waals surface area (Å²) in [6, 6.07) is 4.05. The van der Waals surface area contributed by atoms with E-state index in [1.807, 2.05) is 6.07 Å². The number of nitro groups is 1. The van der Waals surface area contributed by atoms with E-state index in [1.165, 1.54) is 13.0 Å². The van der Waals surface area contributed by atoms with Crippen LogP contribution in [0.2, 0.25) is 5.02 Å². The first-order valence-electron chi connectivity index (χ1n) is 6.07. The summed E-state index contributed by atoms with van der Waals surface area (Å²) in [6.07, 6.45) is 0.0365. The van der Waals surface area contributed by atoms with Gasteiger partial charge in [0, 0.05) is 31.1 Å². The molecule has 1 aromatic carbocycles. The largest absolute Gasteiger partial charge is 0.275 e. The lowest BCUT2D eigenvalue weighted by atomic mass is 10.2. The van der Waals surface area contributed by atoms with E-state index in [1.54, 1.807) is 6.92 Å². The van der Waals surface area contributed by atoms with Crippen molar-refractivity contribution in [3.63, 3.8) is 0 Å². The zero-order valence-electron chi connectivity index (χ0n) is 11.5. The van der Waals surface area contributed by atoms with Crippen LogP contribution < -0.4 is 0 Å². The highest BCUT2D eigenvalue weighted by Crippen LogP contribution is 2.30. The number of benzene rings is 1. The molecule has 1 rings (SSSR count). The zero-order chi connectivity index (χ0) is 16.2. The van der Waals surface area contributed by atoms with E-state index in [0.29, 0.717) is 0 Å². The van der Waals surface area contributed by atoms with Crippen LogP contribution in [0, 0.1) is 28.4 Å². The average molecular weight is 332 g/mol. The Morgan fingerprint density at radius 2 is 2.10 bits per heavy atom. The fraction of sp³-hybridized carbons (Fsp3) is 0.417. The summed E-state index contributed by atoms with van der Waals surface area (Å²) in [4.78, 5) is 10.0. The van der Waals surface area contributed by atoms with E-state index < -0.39 is 14.9 Å². The second-order valence-corrected chi connectivity index (χ2v) is 6.56. The Morgan fingerprint density at radius 1 is 1.48 bits per heavy atom. The maximum Gasteiger partial charge on any atom is 0.275 e. The molecule has 114 valence electrons. The molecule has 9 heteroatoms. The summed E-state index contributed by atoms with van der Waals surface area (Å²) in [5, 5.41) is 19.5. The predicted octanol–water partition coefficient (Wildman–Crippen LogP) is 2.48. The number of nitrogens with zero attached hydrogens (tertiary/aromatic N) is 3. The third-order valence-electron chi connectivity index (χ3n) is 2.95. The number of hydrogen-bond acceptors (Lipinski definition) is 5. The molecule has 0 aliphatic rings. The minimum absolute atomic E-state index is 0.0131. The minimum Gasteiger partial charge on any atom is -0.258 e. The van der Waals surface area contributed by atoms with Crippen molar-refractivity contribution in [2.75, 3.05) is 13.1 Å². The van der Waals surface area contributed by atoms with Gasteiger partial charge in [0.15, 0.2) is 0 Å².